The minimum absolute atomic E-state index is 0.0120. The molecule has 0 aliphatic carbocycles. The molecule has 0 aliphatic heterocycles. The lowest BCUT2D eigenvalue weighted by Gasteiger charge is -2.27. The topological polar surface area (TPSA) is 49.3 Å². The summed E-state index contributed by atoms with van der Waals surface area (Å²) in [6.45, 7) is 3.42. The molecule has 19 heavy (non-hydrogen) atoms. The molecule has 0 aromatic heterocycles. The summed E-state index contributed by atoms with van der Waals surface area (Å²) in [5.41, 5.74) is -0.668. The summed E-state index contributed by atoms with van der Waals surface area (Å²) in [6, 6.07) is 3.23. The number of carbonyl (C=O) groups is 1. The van der Waals surface area contributed by atoms with Crippen molar-refractivity contribution in [3.63, 3.8) is 0 Å². The molecule has 2 N–H and O–H groups in total. The number of thioether (sulfide) groups is 1. The second-order valence-corrected chi connectivity index (χ2v) is 5.50. The highest BCUT2D eigenvalue weighted by molar-refractivity contribution is 8.00. The van der Waals surface area contributed by atoms with Gasteiger partial charge in [-0.05, 0) is 25.5 Å². The summed E-state index contributed by atoms with van der Waals surface area (Å²) in [4.78, 5) is 11.9. The van der Waals surface area contributed by atoms with Crippen molar-refractivity contribution in [3.05, 3.63) is 29.8 Å². The first-order valence-electron chi connectivity index (χ1n) is 5.90. The fourth-order valence-electron chi connectivity index (χ4n) is 1.35. The van der Waals surface area contributed by atoms with E-state index in [9.17, 15) is 18.7 Å². The molecule has 106 valence electrons. The van der Waals surface area contributed by atoms with E-state index >= 15 is 0 Å². The van der Waals surface area contributed by atoms with Crippen LogP contribution in [-0.2, 0) is 4.79 Å². The van der Waals surface area contributed by atoms with Gasteiger partial charge in [-0.2, -0.15) is 0 Å². The van der Waals surface area contributed by atoms with Gasteiger partial charge < -0.3 is 10.4 Å². The number of carbonyl (C=O) groups excluding carboxylic acids is 1. The molecule has 1 rings (SSSR count). The molecule has 0 aliphatic rings. The van der Waals surface area contributed by atoms with Crippen LogP contribution >= 0.6 is 11.8 Å². The molecule has 3 nitrogen and oxygen atoms in total. The Bertz CT molecular complexity index is 450. The Balaban J connectivity index is 2.55. The average molecular weight is 289 g/mol. The molecule has 0 radical (unpaired) electrons. The molecule has 0 bridgehead atoms. The summed E-state index contributed by atoms with van der Waals surface area (Å²) >= 11 is 0.990. The number of aliphatic hydroxyl groups excluding tert-OH is 1. The predicted molar refractivity (Wildman–Crippen MR) is 71.0 cm³/mol. The fourth-order valence-corrected chi connectivity index (χ4v) is 2.07. The molecule has 0 saturated carbocycles. The van der Waals surface area contributed by atoms with E-state index in [1.54, 1.807) is 6.92 Å². The van der Waals surface area contributed by atoms with E-state index < -0.39 is 17.2 Å². The Labute approximate surface area is 115 Å². The number of benzene rings is 1. The Morgan fingerprint density at radius 3 is 2.68 bits per heavy atom. The predicted octanol–water partition coefficient (Wildman–Crippen LogP) is 2.33. The highest BCUT2D eigenvalue weighted by Crippen LogP contribution is 2.22. The van der Waals surface area contributed by atoms with Crippen molar-refractivity contribution < 1.29 is 18.7 Å². The van der Waals surface area contributed by atoms with Crippen molar-refractivity contribution in [2.45, 2.75) is 30.7 Å². The van der Waals surface area contributed by atoms with Crippen LogP contribution in [0.2, 0.25) is 0 Å². The van der Waals surface area contributed by atoms with E-state index in [0.717, 1.165) is 23.9 Å². The smallest absolute Gasteiger partial charge is 0.230 e. The number of aliphatic hydroxyl groups is 1. The summed E-state index contributed by atoms with van der Waals surface area (Å²) in [5.74, 6) is -1.62. The zero-order valence-corrected chi connectivity index (χ0v) is 11.7. The number of amides is 1. The van der Waals surface area contributed by atoms with Gasteiger partial charge in [0.1, 0.15) is 11.6 Å². The van der Waals surface area contributed by atoms with Crippen LogP contribution in [0, 0.1) is 11.6 Å². The Morgan fingerprint density at radius 2 is 2.16 bits per heavy atom. The average Bonchev–Trinajstić information content (AvgIpc) is 2.37. The zero-order chi connectivity index (χ0) is 14.5. The van der Waals surface area contributed by atoms with E-state index in [1.165, 1.54) is 6.07 Å². The Morgan fingerprint density at radius 1 is 1.47 bits per heavy atom. The molecule has 1 amide bonds. The third-order valence-electron chi connectivity index (χ3n) is 2.82. The number of rotatable bonds is 6. The van der Waals surface area contributed by atoms with Gasteiger partial charge in [0.15, 0.2) is 0 Å². The Hall–Kier alpha value is -1.14. The maximum Gasteiger partial charge on any atom is 0.230 e. The van der Waals surface area contributed by atoms with Crippen LogP contribution in [-0.4, -0.2) is 28.9 Å². The van der Waals surface area contributed by atoms with Gasteiger partial charge in [0.25, 0.3) is 0 Å². The molecule has 1 unspecified atom stereocenters. The molecule has 0 saturated heterocycles. The zero-order valence-electron chi connectivity index (χ0n) is 10.9. The van der Waals surface area contributed by atoms with Crippen molar-refractivity contribution in [3.8, 4) is 0 Å². The van der Waals surface area contributed by atoms with Crippen molar-refractivity contribution in [2.75, 3.05) is 12.4 Å². The molecule has 1 aromatic carbocycles. The molecule has 1 aromatic rings. The van der Waals surface area contributed by atoms with E-state index in [-0.39, 0.29) is 23.2 Å². The maximum atomic E-state index is 13.3. The summed E-state index contributed by atoms with van der Waals surface area (Å²) in [6.07, 6.45) is 0.588. The SMILES string of the molecule is CCC(C)(CO)NC(=O)CSc1ccc(F)cc1F. The lowest BCUT2D eigenvalue weighted by Crippen LogP contribution is -2.49. The van der Waals surface area contributed by atoms with Crippen LogP contribution < -0.4 is 5.32 Å². The number of halogens is 2. The quantitative estimate of drug-likeness (QED) is 0.790. The lowest BCUT2D eigenvalue weighted by atomic mass is 10.0. The third kappa shape index (κ3) is 4.80. The molecule has 0 spiro atoms. The summed E-state index contributed by atoms with van der Waals surface area (Å²) in [5, 5.41) is 11.9. The van der Waals surface area contributed by atoms with Crippen LogP contribution in [0.25, 0.3) is 0 Å². The van der Waals surface area contributed by atoms with Crippen LogP contribution in [0.4, 0.5) is 8.78 Å². The number of hydrogen-bond acceptors (Lipinski definition) is 3. The number of hydrogen-bond donors (Lipinski definition) is 2. The van der Waals surface area contributed by atoms with Crippen LogP contribution in [0.3, 0.4) is 0 Å². The first-order chi connectivity index (χ1) is 8.90. The Kier molecular flexibility index (Phi) is 5.75. The molecular weight excluding hydrogens is 272 g/mol. The highest BCUT2D eigenvalue weighted by Gasteiger charge is 2.23. The number of nitrogens with one attached hydrogen (secondary N) is 1. The normalized spacial score (nSPS) is 13.9. The van der Waals surface area contributed by atoms with Gasteiger partial charge >= 0.3 is 0 Å². The van der Waals surface area contributed by atoms with Gasteiger partial charge in [0, 0.05) is 11.0 Å². The second-order valence-electron chi connectivity index (χ2n) is 4.48. The van der Waals surface area contributed by atoms with Gasteiger partial charge in [-0.1, -0.05) is 6.92 Å². The summed E-state index contributed by atoms with van der Waals surface area (Å²) in [7, 11) is 0. The maximum absolute atomic E-state index is 13.3. The van der Waals surface area contributed by atoms with Crippen LogP contribution in [0.5, 0.6) is 0 Å². The standard InChI is InChI=1S/C13H17F2NO2S/c1-3-13(2,8-17)16-12(18)7-19-11-5-4-9(14)6-10(11)15/h4-6,17H,3,7-8H2,1-2H3,(H,16,18). The highest BCUT2D eigenvalue weighted by atomic mass is 32.2. The molecular formula is C13H17F2NO2S. The first-order valence-corrected chi connectivity index (χ1v) is 6.88. The van der Waals surface area contributed by atoms with Gasteiger partial charge in [0.05, 0.1) is 17.9 Å². The molecule has 6 heteroatoms. The molecule has 0 fully saturated rings. The first kappa shape index (κ1) is 15.9. The van der Waals surface area contributed by atoms with E-state index in [1.807, 2.05) is 6.92 Å². The summed E-state index contributed by atoms with van der Waals surface area (Å²) < 4.78 is 26.0. The second kappa shape index (κ2) is 6.86. The molecule has 1 atom stereocenters. The van der Waals surface area contributed by atoms with Crippen molar-refractivity contribution in [1.82, 2.24) is 5.32 Å². The van der Waals surface area contributed by atoms with E-state index in [0.29, 0.717) is 6.42 Å². The largest absolute Gasteiger partial charge is 0.394 e. The fraction of sp³-hybridized carbons (Fsp3) is 0.462. The minimum Gasteiger partial charge on any atom is -0.394 e. The van der Waals surface area contributed by atoms with Crippen molar-refractivity contribution in [1.29, 1.82) is 0 Å². The third-order valence-corrected chi connectivity index (χ3v) is 3.87. The van der Waals surface area contributed by atoms with Crippen LogP contribution in [0.15, 0.2) is 23.1 Å². The van der Waals surface area contributed by atoms with Gasteiger partial charge in [-0.15, -0.1) is 11.8 Å². The lowest BCUT2D eigenvalue weighted by molar-refractivity contribution is -0.120. The van der Waals surface area contributed by atoms with E-state index in [2.05, 4.69) is 5.32 Å². The minimum atomic E-state index is -0.682. The van der Waals surface area contributed by atoms with Crippen LogP contribution in [0.1, 0.15) is 20.3 Å². The monoisotopic (exact) mass is 289 g/mol. The van der Waals surface area contributed by atoms with Gasteiger partial charge in [0.2, 0.25) is 5.91 Å². The van der Waals surface area contributed by atoms with Gasteiger partial charge in [-0.3, -0.25) is 4.79 Å². The van der Waals surface area contributed by atoms with Crippen molar-refractivity contribution >= 4 is 17.7 Å². The van der Waals surface area contributed by atoms with Gasteiger partial charge in [-0.25, -0.2) is 8.78 Å². The van der Waals surface area contributed by atoms with E-state index in [4.69, 9.17) is 0 Å². The van der Waals surface area contributed by atoms with Crippen molar-refractivity contribution in [2.24, 2.45) is 0 Å². The molecule has 0 heterocycles.